The van der Waals surface area contributed by atoms with Crippen molar-refractivity contribution in [3.63, 3.8) is 0 Å². The van der Waals surface area contributed by atoms with Crippen LogP contribution in [0, 0.1) is 0 Å². The van der Waals surface area contributed by atoms with Crippen molar-refractivity contribution in [2.75, 3.05) is 12.4 Å². The molecule has 0 spiro atoms. The van der Waals surface area contributed by atoms with Crippen molar-refractivity contribution in [1.29, 1.82) is 0 Å². The molecule has 5 heteroatoms. The molecule has 1 aromatic carbocycles. The molecule has 3 aromatic rings. The smallest absolute Gasteiger partial charge is 0.182 e. The second-order valence-electron chi connectivity index (χ2n) is 4.11. The van der Waals surface area contributed by atoms with Gasteiger partial charge in [-0.15, -0.1) is 11.3 Å². The molecule has 3 rings (SSSR count). The minimum atomic E-state index is 0.922. The molecule has 20 heavy (non-hydrogen) atoms. The molecule has 0 unspecified atom stereocenters. The summed E-state index contributed by atoms with van der Waals surface area (Å²) in [5.74, 6) is 0. The summed E-state index contributed by atoms with van der Waals surface area (Å²) in [4.78, 5) is 4.32. The first-order chi connectivity index (χ1) is 9.83. The van der Waals surface area contributed by atoms with Crippen LogP contribution in [-0.2, 0) is 6.42 Å². The van der Waals surface area contributed by atoms with Crippen LogP contribution < -0.4 is 5.32 Å². The zero-order chi connectivity index (χ0) is 14.2. The molecule has 0 fully saturated rings. The van der Waals surface area contributed by atoms with Crippen molar-refractivity contribution in [3.05, 3.63) is 53.7 Å². The van der Waals surface area contributed by atoms with E-state index in [-0.39, 0.29) is 0 Å². The van der Waals surface area contributed by atoms with Gasteiger partial charge < -0.3 is 5.32 Å². The number of hydrogen-bond donors (Lipinski definition) is 2. The Bertz CT molecular complexity index is 602. The van der Waals surface area contributed by atoms with Gasteiger partial charge in [0.1, 0.15) is 0 Å². The number of nitrogens with zero attached hydrogens (tertiary/aromatic N) is 2. The summed E-state index contributed by atoms with van der Waals surface area (Å²) in [5, 5.41) is 12.5. The molecule has 104 valence electrons. The second-order valence-corrected chi connectivity index (χ2v) is 4.97. The largest absolute Gasteiger partial charge is 0.365 e. The Morgan fingerprint density at radius 2 is 2.05 bits per heavy atom. The maximum Gasteiger partial charge on any atom is 0.182 e. The Morgan fingerprint density at radius 3 is 2.55 bits per heavy atom. The highest BCUT2D eigenvalue weighted by Crippen LogP contribution is 2.22. The van der Waals surface area contributed by atoms with Gasteiger partial charge in [0, 0.05) is 24.2 Å². The van der Waals surface area contributed by atoms with Gasteiger partial charge in [-0.3, -0.25) is 5.10 Å². The number of aryl methyl sites for hydroxylation is 1. The van der Waals surface area contributed by atoms with Crippen molar-refractivity contribution in [2.24, 2.45) is 0 Å². The molecule has 0 aliphatic carbocycles. The van der Waals surface area contributed by atoms with Crippen LogP contribution in [0.15, 0.2) is 48.1 Å². The third-order valence-corrected chi connectivity index (χ3v) is 3.62. The van der Waals surface area contributed by atoms with Crippen LogP contribution in [0.2, 0.25) is 0 Å². The van der Waals surface area contributed by atoms with E-state index in [9.17, 15) is 0 Å². The second kappa shape index (κ2) is 7.45. The van der Waals surface area contributed by atoms with E-state index in [1.807, 2.05) is 24.7 Å². The molecular formula is C15H18N4S. The number of aromatic nitrogens is 3. The van der Waals surface area contributed by atoms with E-state index in [0.29, 0.717) is 0 Å². The average Bonchev–Trinajstić information content (AvgIpc) is 3.19. The predicted octanol–water partition coefficient (Wildman–Crippen LogP) is 3.82. The lowest BCUT2D eigenvalue weighted by atomic mass is 10.2. The molecule has 2 aromatic heterocycles. The Kier molecular flexibility index (Phi) is 5.32. The van der Waals surface area contributed by atoms with Crippen LogP contribution in [0.1, 0.15) is 12.5 Å². The van der Waals surface area contributed by atoms with Crippen molar-refractivity contribution in [3.8, 4) is 11.3 Å². The monoisotopic (exact) mass is 286 g/mol. The van der Waals surface area contributed by atoms with Crippen LogP contribution >= 0.6 is 11.3 Å². The van der Waals surface area contributed by atoms with E-state index in [1.54, 1.807) is 17.5 Å². The standard InChI is InChI=1S/C8H10.C7H8N4S/c1-2-8-6-4-3-5-7-8;1-8-7-11-6(4-12-7)5-2-9-10-3-5/h3-7H,2H2,1H3;2-4H,1H3,(H,8,11)(H,9,10). The van der Waals surface area contributed by atoms with Crippen LogP contribution in [-0.4, -0.2) is 22.2 Å². The molecule has 0 saturated carbocycles. The molecule has 2 heterocycles. The number of H-pyrrole nitrogens is 1. The van der Waals surface area contributed by atoms with E-state index in [1.165, 1.54) is 5.56 Å². The number of thiazole rings is 1. The topological polar surface area (TPSA) is 53.6 Å². The van der Waals surface area contributed by atoms with Crippen LogP contribution in [0.3, 0.4) is 0 Å². The normalized spacial score (nSPS) is 9.70. The maximum atomic E-state index is 4.32. The minimum absolute atomic E-state index is 0.922. The predicted molar refractivity (Wildman–Crippen MR) is 85.1 cm³/mol. The third kappa shape index (κ3) is 3.93. The summed E-state index contributed by atoms with van der Waals surface area (Å²) in [7, 11) is 1.86. The molecular weight excluding hydrogens is 268 g/mol. The Labute approximate surface area is 122 Å². The SMILES string of the molecule is CCc1ccccc1.CNc1nc(-c2cn[nH]c2)cs1. The fraction of sp³-hybridized carbons (Fsp3) is 0.200. The quantitative estimate of drug-likeness (QED) is 0.769. The van der Waals surface area contributed by atoms with E-state index >= 15 is 0 Å². The van der Waals surface area contributed by atoms with E-state index in [4.69, 9.17) is 0 Å². The van der Waals surface area contributed by atoms with Gasteiger partial charge in [-0.2, -0.15) is 5.10 Å². The molecule has 0 bridgehead atoms. The van der Waals surface area contributed by atoms with E-state index in [0.717, 1.165) is 22.8 Å². The molecule has 4 nitrogen and oxygen atoms in total. The zero-order valence-corrected chi connectivity index (χ0v) is 12.4. The zero-order valence-electron chi connectivity index (χ0n) is 11.6. The van der Waals surface area contributed by atoms with Gasteiger partial charge in [-0.1, -0.05) is 37.3 Å². The van der Waals surface area contributed by atoms with Gasteiger partial charge in [0.25, 0.3) is 0 Å². The summed E-state index contributed by atoms with van der Waals surface area (Å²) in [6.45, 7) is 2.16. The number of benzene rings is 1. The molecule has 0 saturated heterocycles. The summed E-state index contributed by atoms with van der Waals surface area (Å²) >= 11 is 1.58. The fourth-order valence-electron chi connectivity index (χ4n) is 1.63. The number of hydrogen-bond acceptors (Lipinski definition) is 4. The minimum Gasteiger partial charge on any atom is -0.365 e. The highest BCUT2D eigenvalue weighted by atomic mass is 32.1. The number of rotatable bonds is 3. The van der Waals surface area contributed by atoms with Gasteiger partial charge in [-0.05, 0) is 12.0 Å². The number of nitrogens with one attached hydrogen (secondary N) is 2. The highest BCUT2D eigenvalue weighted by Gasteiger charge is 2.02. The summed E-state index contributed by atoms with van der Waals surface area (Å²) < 4.78 is 0. The Morgan fingerprint density at radius 1 is 1.25 bits per heavy atom. The van der Waals surface area contributed by atoms with Crippen LogP contribution in [0.25, 0.3) is 11.3 Å². The van der Waals surface area contributed by atoms with Crippen molar-refractivity contribution in [2.45, 2.75) is 13.3 Å². The maximum absolute atomic E-state index is 4.32. The molecule has 0 aliphatic heterocycles. The first-order valence-corrected chi connectivity index (χ1v) is 7.37. The molecule has 0 atom stereocenters. The Hall–Kier alpha value is -2.14. The molecule has 0 amide bonds. The van der Waals surface area contributed by atoms with E-state index in [2.05, 4.69) is 51.7 Å². The highest BCUT2D eigenvalue weighted by molar-refractivity contribution is 7.14. The van der Waals surface area contributed by atoms with Gasteiger partial charge in [0.05, 0.1) is 11.9 Å². The van der Waals surface area contributed by atoms with Gasteiger partial charge in [0.2, 0.25) is 0 Å². The molecule has 0 radical (unpaired) electrons. The summed E-state index contributed by atoms with van der Waals surface area (Å²) in [5.41, 5.74) is 3.39. The number of aromatic amines is 1. The Balaban J connectivity index is 0.000000160. The van der Waals surface area contributed by atoms with Gasteiger partial charge in [-0.25, -0.2) is 4.98 Å². The van der Waals surface area contributed by atoms with Gasteiger partial charge in [0.15, 0.2) is 5.13 Å². The lowest BCUT2D eigenvalue weighted by Crippen LogP contribution is -1.85. The van der Waals surface area contributed by atoms with Crippen LogP contribution in [0.4, 0.5) is 5.13 Å². The average molecular weight is 286 g/mol. The van der Waals surface area contributed by atoms with E-state index < -0.39 is 0 Å². The third-order valence-electron chi connectivity index (χ3n) is 2.76. The fourth-order valence-corrected chi connectivity index (χ4v) is 2.31. The summed E-state index contributed by atoms with van der Waals surface area (Å²) in [6, 6.07) is 10.5. The molecule has 2 N–H and O–H groups in total. The summed E-state index contributed by atoms with van der Waals surface area (Å²) in [6.07, 6.45) is 4.73. The van der Waals surface area contributed by atoms with Crippen molar-refractivity contribution >= 4 is 16.5 Å². The van der Waals surface area contributed by atoms with Crippen LogP contribution in [0.5, 0.6) is 0 Å². The lowest BCUT2D eigenvalue weighted by molar-refractivity contribution is 1.09. The van der Waals surface area contributed by atoms with Gasteiger partial charge >= 0.3 is 0 Å². The van der Waals surface area contributed by atoms with Crippen molar-refractivity contribution in [1.82, 2.24) is 15.2 Å². The lowest BCUT2D eigenvalue weighted by Gasteiger charge is -1.89. The molecule has 0 aliphatic rings. The van der Waals surface area contributed by atoms with Crippen molar-refractivity contribution < 1.29 is 0 Å². The first kappa shape index (κ1) is 14.3. The number of anilines is 1. The first-order valence-electron chi connectivity index (χ1n) is 6.49.